The number of aromatic nitrogens is 2. The number of hydrogen-bond acceptors (Lipinski definition) is 4. The van der Waals surface area contributed by atoms with E-state index in [1.54, 1.807) is 13.3 Å². The third-order valence-corrected chi connectivity index (χ3v) is 6.63. The van der Waals surface area contributed by atoms with Gasteiger partial charge in [-0.15, -0.1) is 0 Å². The van der Waals surface area contributed by atoms with Crippen LogP contribution in [0.4, 0.5) is 5.69 Å². The van der Waals surface area contributed by atoms with Gasteiger partial charge in [0.15, 0.2) is 5.11 Å². The van der Waals surface area contributed by atoms with Gasteiger partial charge in [0.2, 0.25) is 5.91 Å². The fraction of sp³-hybridized carbons (Fsp3) is 0.179. The number of carbonyl (C=O) groups is 1. The normalized spacial score (nSPS) is 17.0. The quantitative estimate of drug-likeness (QED) is 0.338. The van der Waals surface area contributed by atoms with Gasteiger partial charge >= 0.3 is 0 Å². The summed E-state index contributed by atoms with van der Waals surface area (Å²) < 4.78 is 7.52. The van der Waals surface area contributed by atoms with Gasteiger partial charge in [0, 0.05) is 36.7 Å². The molecule has 0 radical (unpaired) electrons. The highest BCUT2D eigenvalue weighted by Gasteiger charge is 2.41. The van der Waals surface area contributed by atoms with Gasteiger partial charge < -0.3 is 24.8 Å². The smallest absolute Gasteiger partial charge is 0.226 e. The van der Waals surface area contributed by atoms with Gasteiger partial charge in [-0.3, -0.25) is 9.78 Å². The maximum Gasteiger partial charge on any atom is 0.226 e. The SMILES string of the molecule is COc1ccccc1NC(=O)CCN1C(=S)N[C@@H](c2ccccn2)[C@@H]1c1cccn1-c1ccccc1. The molecule has 36 heavy (non-hydrogen) atoms. The summed E-state index contributed by atoms with van der Waals surface area (Å²) >= 11 is 5.78. The highest BCUT2D eigenvalue weighted by molar-refractivity contribution is 7.80. The molecule has 8 heteroatoms. The lowest BCUT2D eigenvalue weighted by Gasteiger charge is -2.29. The van der Waals surface area contributed by atoms with Gasteiger partial charge in [-0.25, -0.2) is 0 Å². The van der Waals surface area contributed by atoms with Gasteiger partial charge in [0.05, 0.1) is 30.6 Å². The van der Waals surface area contributed by atoms with E-state index in [0.717, 1.165) is 17.1 Å². The van der Waals surface area contributed by atoms with Gasteiger partial charge in [-0.2, -0.15) is 0 Å². The van der Waals surface area contributed by atoms with Crippen molar-refractivity contribution in [3.63, 3.8) is 0 Å². The first-order chi connectivity index (χ1) is 17.7. The molecular formula is C28H27N5O2S. The standard InChI is InChI=1S/C28H27N5O2S/c1-35-24-15-6-5-12-21(24)30-25(34)16-19-33-27(26(31-28(33)36)22-13-7-8-17-29-22)23-14-9-18-32(23)20-10-3-2-4-11-20/h2-15,17-18,26-27H,16,19H2,1H3,(H,30,34)(H,31,36)/t26-,27-/m0/s1. The summed E-state index contributed by atoms with van der Waals surface area (Å²) in [7, 11) is 1.59. The van der Waals surface area contributed by atoms with Crippen LogP contribution in [0.25, 0.3) is 5.69 Å². The van der Waals surface area contributed by atoms with Crippen molar-refractivity contribution in [3.8, 4) is 11.4 Å². The number of hydrogen-bond donors (Lipinski definition) is 2. The Bertz CT molecular complexity index is 1340. The molecule has 2 aromatic heterocycles. The zero-order chi connectivity index (χ0) is 24.9. The van der Waals surface area contributed by atoms with Gasteiger partial charge in [0.1, 0.15) is 5.75 Å². The Hall–Kier alpha value is -4.17. The summed E-state index contributed by atoms with van der Waals surface area (Å²) in [5.41, 5.74) is 3.66. The number of amides is 1. The van der Waals surface area contributed by atoms with Crippen molar-refractivity contribution in [3.05, 3.63) is 109 Å². The number of pyridine rings is 1. The molecule has 0 unspecified atom stereocenters. The number of nitrogens with one attached hydrogen (secondary N) is 2. The Morgan fingerprint density at radius 2 is 1.81 bits per heavy atom. The third kappa shape index (κ3) is 4.81. The number of para-hydroxylation sites is 3. The molecule has 5 rings (SSSR count). The van der Waals surface area contributed by atoms with E-state index in [4.69, 9.17) is 17.0 Å². The third-order valence-electron chi connectivity index (χ3n) is 6.28. The topological polar surface area (TPSA) is 71.4 Å². The van der Waals surface area contributed by atoms with Crippen molar-refractivity contribution in [2.75, 3.05) is 19.0 Å². The highest BCUT2D eigenvalue weighted by Crippen LogP contribution is 2.39. The first-order valence-electron chi connectivity index (χ1n) is 11.8. The molecule has 1 aliphatic heterocycles. The Morgan fingerprint density at radius 3 is 2.58 bits per heavy atom. The predicted molar refractivity (Wildman–Crippen MR) is 144 cm³/mol. The number of rotatable bonds is 8. The Labute approximate surface area is 215 Å². The number of benzene rings is 2. The molecule has 0 bridgehead atoms. The fourth-order valence-electron chi connectivity index (χ4n) is 4.61. The van der Waals surface area contributed by atoms with Crippen LogP contribution in [-0.4, -0.2) is 39.1 Å². The number of anilines is 1. The van der Waals surface area contributed by atoms with E-state index in [2.05, 4.69) is 43.3 Å². The highest BCUT2D eigenvalue weighted by atomic mass is 32.1. The molecule has 2 aromatic carbocycles. The largest absolute Gasteiger partial charge is 0.495 e. The Kier molecular flexibility index (Phi) is 6.95. The van der Waals surface area contributed by atoms with Gasteiger partial charge in [-0.1, -0.05) is 36.4 Å². The Morgan fingerprint density at radius 1 is 1.03 bits per heavy atom. The molecule has 3 heterocycles. The molecule has 0 saturated carbocycles. The molecule has 1 amide bonds. The fourth-order valence-corrected chi connectivity index (χ4v) is 4.94. The van der Waals surface area contributed by atoms with E-state index in [-0.39, 0.29) is 24.4 Å². The lowest BCUT2D eigenvalue weighted by Crippen LogP contribution is -2.33. The van der Waals surface area contributed by atoms with E-state index >= 15 is 0 Å². The predicted octanol–water partition coefficient (Wildman–Crippen LogP) is 4.88. The molecule has 182 valence electrons. The molecule has 1 saturated heterocycles. The molecule has 4 aromatic rings. The maximum atomic E-state index is 12.9. The maximum absolute atomic E-state index is 12.9. The van der Waals surface area contributed by atoms with E-state index in [1.165, 1.54) is 0 Å². The van der Waals surface area contributed by atoms with E-state index < -0.39 is 0 Å². The molecular weight excluding hydrogens is 470 g/mol. The number of methoxy groups -OCH3 is 1. The summed E-state index contributed by atoms with van der Waals surface area (Å²) in [6, 6.07) is 27.3. The first-order valence-corrected chi connectivity index (χ1v) is 12.2. The zero-order valence-electron chi connectivity index (χ0n) is 19.9. The van der Waals surface area contributed by atoms with Crippen LogP contribution in [0.5, 0.6) is 5.75 Å². The second-order valence-electron chi connectivity index (χ2n) is 8.46. The minimum atomic E-state index is -0.159. The van der Waals surface area contributed by atoms with Crippen molar-refractivity contribution in [2.45, 2.75) is 18.5 Å². The molecule has 0 spiro atoms. The number of thiocarbonyl (C=S) groups is 1. The van der Waals surface area contributed by atoms with Gasteiger partial charge in [-0.05, 0) is 60.7 Å². The first kappa shape index (κ1) is 23.6. The van der Waals surface area contributed by atoms with Crippen LogP contribution in [0.15, 0.2) is 97.3 Å². The van der Waals surface area contributed by atoms with Crippen LogP contribution < -0.4 is 15.4 Å². The summed E-state index contributed by atoms with van der Waals surface area (Å²) in [5.74, 6) is 0.513. The zero-order valence-corrected chi connectivity index (χ0v) is 20.7. The van der Waals surface area contributed by atoms with E-state index in [9.17, 15) is 4.79 Å². The summed E-state index contributed by atoms with van der Waals surface area (Å²) in [6.07, 6.45) is 4.10. The van der Waals surface area contributed by atoms with Crippen molar-refractivity contribution < 1.29 is 9.53 Å². The van der Waals surface area contributed by atoms with Crippen LogP contribution in [0.1, 0.15) is 29.9 Å². The van der Waals surface area contributed by atoms with Gasteiger partial charge in [0.25, 0.3) is 0 Å². The van der Waals surface area contributed by atoms with Crippen LogP contribution in [-0.2, 0) is 4.79 Å². The van der Waals surface area contributed by atoms with Crippen LogP contribution >= 0.6 is 12.2 Å². The molecule has 2 N–H and O–H groups in total. The van der Waals surface area contributed by atoms with E-state index in [0.29, 0.717) is 23.1 Å². The number of carbonyl (C=O) groups excluding carboxylic acids is 1. The average Bonchev–Trinajstić information content (AvgIpc) is 3.53. The molecule has 1 fully saturated rings. The Balaban J connectivity index is 1.43. The molecule has 7 nitrogen and oxygen atoms in total. The van der Waals surface area contributed by atoms with Crippen LogP contribution in [0.3, 0.4) is 0 Å². The monoisotopic (exact) mass is 497 g/mol. The average molecular weight is 498 g/mol. The molecule has 2 atom stereocenters. The van der Waals surface area contributed by atoms with Crippen LogP contribution in [0, 0.1) is 0 Å². The summed E-state index contributed by atoms with van der Waals surface area (Å²) in [4.78, 5) is 19.6. The number of ether oxygens (including phenoxy) is 1. The van der Waals surface area contributed by atoms with E-state index in [1.807, 2.05) is 72.9 Å². The second kappa shape index (κ2) is 10.6. The van der Waals surface area contributed by atoms with Crippen molar-refractivity contribution in [2.24, 2.45) is 0 Å². The second-order valence-corrected chi connectivity index (χ2v) is 8.84. The van der Waals surface area contributed by atoms with Crippen molar-refractivity contribution >= 4 is 28.9 Å². The van der Waals surface area contributed by atoms with Crippen molar-refractivity contribution in [1.29, 1.82) is 0 Å². The minimum Gasteiger partial charge on any atom is -0.495 e. The number of nitrogens with zero attached hydrogens (tertiary/aromatic N) is 3. The minimum absolute atomic E-state index is 0.110. The molecule has 1 aliphatic rings. The van der Waals surface area contributed by atoms with Crippen LogP contribution in [0.2, 0.25) is 0 Å². The van der Waals surface area contributed by atoms with Crippen molar-refractivity contribution in [1.82, 2.24) is 19.8 Å². The summed E-state index contributed by atoms with van der Waals surface area (Å²) in [6.45, 7) is 0.445. The summed E-state index contributed by atoms with van der Waals surface area (Å²) in [5, 5.41) is 7.02. The lowest BCUT2D eigenvalue weighted by molar-refractivity contribution is -0.116. The lowest BCUT2D eigenvalue weighted by atomic mass is 10.0. The molecule has 0 aliphatic carbocycles.